The summed E-state index contributed by atoms with van der Waals surface area (Å²) in [4.78, 5) is 12.6. The number of fused-ring (bicyclic) bond motifs is 1. The van der Waals surface area contributed by atoms with Gasteiger partial charge in [-0.1, -0.05) is 6.07 Å². The minimum Gasteiger partial charge on any atom is -0.345 e. The van der Waals surface area contributed by atoms with E-state index in [1.54, 1.807) is 0 Å². The molecule has 2 aliphatic rings. The van der Waals surface area contributed by atoms with Crippen LogP contribution in [0.15, 0.2) is 24.3 Å². The fourth-order valence-electron chi connectivity index (χ4n) is 3.75. The van der Waals surface area contributed by atoms with Crippen molar-refractivity contribution in [1.82, 2.24) is 4.57 Å². The summed E-state index contributed by atoms with van der Waals surface area (Å²) in [5, 5.41) is 3.08. The number of anilines is 1. The maximum Gasteiger partial charge on any atom is 0.257 e. The molecule has 0 bridgehead atoms. The summed E-state index contributed by atoms with van der Waals surface area (Å²) in [7, 11) is 0. The molecule has 0 atom stereocenters. The highest BCUT2D eigenvalue weighted by atomic mass is 16.1. The summed E-state index contributed by atoms with van der Waals surface area (Å²) in [5.41, 5.74) is 6.84. The van der Waals surface area contributed by atoms with Crippen LogP contribution in [0.5, 0.6) is 0 Å². The zero-order valence-electron chi connectivity index (χ0n) is 13.3. The Bertz CT molecular complexity index is 753. The molecule has 1 aromatic carbocycles. The lowest BCUT2D eigenvalue weighted by Gasteiger charge is -2.09. The number of nitrogens with one attached hydrogen (secondary N) is 1. The molecule has 3 heteroatoms. The van der Waals surface area contributed by atoms with E-state index in [1.807, 2.05) is 12.1 Å². The van der Waals surface area contributed by atoms with Crippen LogP contribution in [0.25, 0.3) is 0 Å². The highest BCUT2D eigenvalue weighted by Gasteiger charge is 2.28. The average Bonchev–Trinajstić information content (AvgIpc) is 3.12. The van der Waals surface area contributed by atoms with Crippen molar-refractivity contribution in [2.45, 2.75) is 52.0 Å². The maximum atomic E-state index is 12.6. The van der Waals surface area contributed by atoms with Crippen molar-refractivity contribution in [2.24, 2.45) is 0 Å². The minimum absolute atomic E-state index is 0.0120. The highest BCUT2D eigenvalue weighted by molar-refractivity contribution is 6.05. The van der Waals surface area contributed by atoms with Gasteiger partial charge in [0.2, 0.25) is 0 Å². The molecule has 1 heterocycles. The lowest BCUT2D eigenvalue weighted by molar-refractivity contribution is 0.102. The molecular formula is C19H22N2O. The van der Waals surface area contributed by atoms with Crippen LogP contribution in [-0.2, 0) is 12.8 Å². The van der Waals surface area contributed by atoms with Crippen molar-refractivity contribution in [3.8, 4) is 0 Å². The number of rotatable bonds is 3. The largest absolute Gasteiger partial charge is 0.345 e. The Kier molecular flexibility index (Phi) is 3.10. The van der Waals surface area contributed by atoms with Gasteiger partial charge in [0.05, 0.1) is 5.56 Å². The average molecular weight is 294 g/mol. The molecule has 1 amide bonds. The highest BCUT2D eigenvalue weighted by Crippen LogP contribution is 2.38. The summed E-state index contributed by atoms with van der Waals surface area (Å²) in [6, 6.07) is 8.96. The molecule has 3 nitrogen and oxygen atoms in total. The van der Waals surface area contributed by atoms with Gasteiger partial charge in [0, 0.05) is 23.1 Å². The molecule has 0 aliphatic heterocycles. The topological polar surface area (TPSA) is 34.0 Å². The van der Waals surface area contributed by atoms with Crippen molar-refractivity contribution in [3.63, 3.8) is 0 Å². The Hall–Kier alpha value is -2.03. The quantitative estimate of drug-likeness (QED) is 0.905. The van der Waals surface area contributed by atoms with E-state index in [4.69, 9.17) is 0 Å². The predicted molar refractivity (Wildman–Crippen MR) is 88.6 cm³/mol. The first-order valence-corrected chi connectivity index (χ1v) is 8.25. The van der Waals surface area contributed by atoms with Crippen LogP contribution in [-0.4, -0.2) is 10.5 Å². The van der Waals surface area contributed by atoms with Crippen molar-refractivity contribution in [3.05, 3.63) is 52.3 Å². The van der Waals surface area contributed by atoms with Crippen LogP contribution in [0.2, 0.25) is 0 Å². The smallest absolute Gasteiger partial charge is 0.257 e. The Morgan fingerprint density at radius 3 is 2.68 bits per heavy atom. The first-order valence-electron chi connectivity index (χ1n) is 8.25. The summed E-state index contributed by atoms with van der Waals surface area (Å²) in [6.07, 6.45) is 6.01. The second-order valence-corrected chi connectivity index (χ2v) is 6.68. The van der Waals surface area contributed by atoms with Gasteiger partial charge in [0.15, 0.2) is 0 Å². The van der Waals surface area contributed by atoms with Crippen LogP contribution >= 0.6 is 0 Å². The van der Waals surface area contributed by atoms with Crippen molar-refractivity contribution in [1.29, 1.82) is 0 Å². The molecule has 1 saturated carbocycles. The van der Waals surface area contributed by atoms with E-state index in [0.717, 1.165) is 23.4 Å². The van der Waals surface area contributed by atoms with Crippen molar-refractivity contribution < 1.29 is 4.79 Å². The number of benzene rings is 1. The lowest BCUT2D eigenvalue weighted by atomic mass is 10.1. The van der Waals surface area contributed by atoms with Crippen LogP contribution in [0.1, 0.15) is 58.2 Å². The van der Waals surface area contributed by atoms with Crippen molar-refractivity contribution in [2.75, 3.05) is 5.32 Å². The zero-order valence-corrected chi connectivity index (χ0v) is 13.3. The van der Waals surface area contributed by atoms with Gasteiger partial charge in [-0.3, -0.25) is 4.79 Å². The standard InChI is InChI=1S/C19H22N2O/c1-12-10-18(13(2)21(12)17-8-9-17)19(22)20-16-7-6-14-4-3-5-15(14)11-16/h6-7,10-11,17H,3-5,8-9H2,1-2H3,(H,20,22). The molecule has 114 valence electrons. The summed E-state index contributed by atoms with van der Waals surface area (Å²) >= 11 is 0. The van der Waals surface area contributed by atoms with E-state index in [9.17, 15) is 4.79 Å². The number of aryl methyl sites for hydroxylation is 3. The van der Waals surface area contributed by atoms with Gasteiger partial charge < -0.3 is 9.88 Å². The predicted octanol–water partition coefficient (Wildman–Crippen LogP) is 4.18. The Labute approximate surface area is 131 Å². The van der Waals surface area contributed by atoms with Gasteiger partial charge in [-0.2, -0.15) is 0 Å². The molecule has 4 rings (SSSR count). The molecule has 0 unspecified atom stereocenters. The van der Waals surface area contributed by atoms with Crippen LogP contribution < -0.4 is 5.32 Å². The van der Waals surface area contributed by atoms with E-state index in [2.05, 4.69) is 35.9 Å². The normalized spacial score (nSPS) is 16.6. The third-order valence-corrected chi connectivity index (χ3v) is 5.00. The van der Waals surface area contributed by atoms with Crippen LogP contribution in [0.3, 0.4) is 0 Å². The number of hydrogen-bond acceptors (Lipinski definition) is 1. The third kappa shape index (κ3) is 2.25. The first kappa shape index (κ1) is 13.6. The molecule has 22 heavy (non-hydrogen) atoms. The number of amides is 1. The number of nitrogens with zero attached hydrogens (tertiary/aromatic N) is 1. The molecule has 0 saturated heterocycles. The fourth-order valence-corrected chi connectivity index (χ4v) is 3.75. The molecule has 0 radical (unpaired) electrons. The Morgan fingerprint density at radius 1 is 1.14 bits per heavy atom. The summed E-state index contributed by atoms with van der Waals surface area (Å²) < 4.78 is 2.32. The SMILES string of the molecule is Cc1cc(C(=O)Nc2ccc3c(c2)CCC3)c(C)n1C1CC1. The molecule has 1 fully saturated rings. The van der Waals surface area contributed by atoms with Gasteiger partial charge in [0.25, 0.3) is 5.91 Å². The Morgan fingerprint density at radius 2 is 1.91 bits per heavy atom. The second kappa shape index (κ2) is 5.01. The fraction of sp³-hybridized carbons (Fsp3) is 0.421. The lowest BCUT2D eigenvalue weighted by Crippen LogP contribution is -2.13. The first-order chi connectivity index (χ1) is 10.6. The van der Waals surface area contributed by atoms with Gasteiger partial charge in [-0.05, 0) is 75.3 Å². The second-order valence-electron chi connectivity index (χ2n) is 6.68. The van der Waals surface area contributed by atoms with Crippen molar-refractivity contribution >= 4 is 11.6 Å². The maximum absolute atomic E-state index is 12.6. The molecule has 0 spiro atoms. The van der Waals surface area contributed by atoms with Gasteiger partial charge in [0.1, 0.15) is 0 Å². The third-order valence-electron chi connectivity index (χ3n) is 5.00. The monoisotopic (exact) mass is 294 g/mol. The molecule has 1 aromatic heterocycles. The molecule has 2 aliphatic carbocycles. The van der Waals surface area contributed by atoms with E-state index in [-0.39, 0.29) is 5.91 Å². The van der Waals surface area contributed by atoms with Gasteiger partial charge in [-0.15, -0.1) is 0 Å². The van der Waals surface area contributed by atoms with Gasteiger partial charge >= 0.3 is 0 Å². The summed E-state index contributed by atoms with van der Waals surface area (Å²) in [6.45, 7) is 4.15. The minimum atomic E-state index is 0.0120. The number of aromatic nitrogens is 1. The molecule has 1 N–H and O–H groups in total. The number of carbonyl (C=O) groups is 1. The number of carbonyl (C=O) groups excluding carboxylic acids is 1. The van der Waals surface area contributed by atoms with Gasteiger partial charge in [-0.25, -0.2) is 0 Å². The van der Waals surface area contributed by atoms with E-state index < -0.39 is 0 Å². The zero-order chi connectivity index (χ0) is 15.3. The van der Waals surface area contributed by atoms with E-state index in [0.29, 0.717) is 6.04 Å². The Balaban J connectivity index is 1.58. The van der Waals surface area contributed by atoms with E-state index in [1.165, 1.54) is 42.5 Å². The van der Waals surface area contributed by atoms with E-state index >= 15 is 0 Å². The van der Waals surface area contributed by atoms with Crippen LogP contribution in [0, 0.1) is 13.8 Å². The molecular weight excluding hydrogens is 272 g/mol. The van der Waals surface area contributed by atoms with Crippen LogP contribution in [0.4, 0.5) is 5.69 Å². The summed E-state index contributed by atoms with van der Waals surface area (Å²) in [5.74, 6) is 0.0120. The molecule has 2 aromatic rings. The number of hydrogen-bond donors (Lipinski definition) is 1.